The number of phenols is 1. The Hall–Kier alpha value is -2.73. The number of carbonyl (C=O) groups excluding carboxylic acids is 1. The van der Waals surface area contributed by atoms with E-state index >= 15 is 0 Å². The van der Waals surface area contributed by atoms with Crippen molar-refractivity contribution >= 4 is 18.1 Å². The number of rotatable bonds is 4. The lowest BCUT2D eigenvalue weighted by Gasteiger charge is -2.04. The van der Waals surface area contributed by atoms with Gasteiger partial charge in [0.05, 0.1) is 7.11 Å². The van der Waals surface area contributed by atoms with Crippen molar-refractivity contribution < 1.29 is 24.3 Å². The molecule has 2 rings (SSSR count). The van der Waals surface area contributed by atoms with Crippen molar-refractivity contribution in [3.05, 3.63) is 47.4 Å². The molecular formula is C14H13NO5. The van der Waals surface area contributed by atoms with Gasteiger partial charge < -0.3 is 14.3 Å². The van der Waals surface area contributed by atoms with Crippen LogP contribution in [0.25, 0.3) is 12.2 Å². The number of para-hydroxylation sites is 1. The number of amides is 1. The summed E-state index contributed by atoms with van der Waals surface area (Å²) >= 11 is 0. The molecule has 0 saturated carbocycles. The highest BCUT2D eigenvalue weighted by Gasteiger charge is 2.09. The maximum absolute atomic E-state index is 11.1. The van der Waals surface area contributed by atoms with Crippen molar-refractivity contribution in [1.29, 1.82) is 0 Å². The van der Waals surface area contributed by atoms with E-state index in [0.717, 1.165) is 0 Å². The third-order valence-corrected chi connectivity index (χ3v) is 2.63. The number of nitrogens with one attached hydrogen (secondary N) is 1. The Morgan fingerprint density at radius 3 is 2.80 bits per heavy atom. The van der Waals surface area contributed by atoms with Gasteiger partial charge in [0.1, 0.15) is 5.76 Å². The standard InChI is InChI=1S/C14H13NO5/c1-19-11-4-2-3-9(13(11)16)5-6-10-7-8-12(20-10)14(17)15-18/h2-8,16,18H,1H3,(H,15,17)/b6-5+. The zero-order chi connectivity index (χ0) is 14.5. The van der Waals surface area contributed by atoms with Crippen LogP contribution >= 0.6 is 0 Å². The second-order valence-electron chi connectivity index (χ2n) is 3.87. The number of phenolic OH excluding ortho intramolecular Hbond substituents is 1. The molecular weight excluding hydrogens is 262 g/mol. The van der Waals surface area contributed by atoms with Crippen molar-refractivity contribution in [2.75, 3.05) is 7.11 Å². The van der Waals surface area contributed by atoms with E-state index in [0.29, 0.717) is 17.1 Å². The molecule has 0 radical (unpaired) electrons. The molecule has 0 bridgehead atoms. The van der Waals surface area contributed by atoms with Crippen LogP contribution in [0.5, 0.6) is 11.5 Å². The lowest BCUT2D eigenvalue weighted by atomic mass is 10.1. The fourth-order valence-electron chi connectivity index (χ4n) is 1.63. The maximum Gasteiger partial charge on any atom is 0.310 e. The Labute approximate surface area is 114 Å². The van der Waals surface area contributed by atoms with Crippen LogP contribution in [0.4, 0.5) is 0 Å². The molecule has 1 aromatic heterocycles. The Morgan fingerprint density at radius 1 is 1.30 bits per heavy atom. The lowest BCUT2D eigenvalue weighted by molar-refractivity contribution is 0.0675. The van der Waals surface area contributed by atoms with Crippen LogP contribution in [-0.4, -0.2) is 23.3 Å². The van der Waals surface area contributed by atoms with E-state index in [9.17, 15) is 9.90 Å². The van der Waals surface area contributed by atoms with Crippen molar-refractivity contribution in [3.63, 3.8) is 0 Å². The molecule has 0 fully saturated rings. The van der Waals surface area contributed by atoms with Crippen LogP contribution < -0.4 is 10.2 Å². The Bertz CT molecular complexity index is 645. The molecule has 0 atom stereocenters. The molecule has 3 N–H and O–H groups in total. The van der Waals surface area contributed by atoms with Crippen molar-refractivity contribution in [2.45, 2.75) is 0 Å². The van der Waals surface area contributed by atoms with Crippen LogP contribution in [0.2, 0.25) is 0 Å². The number of hydroxylamine groups is 1. The fraction of sp³-hybridized carbons (Fsp3) is 0.0714. The van der Waals surface area contributed by atoms with E-state index in [1.54, 1.807) is 36.4 Å². The lowest BCUT2D eigenvalue weighted by Crippen LogP contribution is -2.17. The van der Waals surface area contributed by atoms with Gasteiger partial charge in [-0.1, -0.05) is 12.1 Å². The first-order chi connectivity index (χ1) is 9.65. The second kappa shape index (κ2) is 5.94. The largest absolute Gasteiger partial charge is 0.504 e. The van der Waals surface area contributed by atoms with Crippen LogP contribution in [0.15, 0.2) is 34.7 Å². The molecule has 2 aromatic rings. The molecule has 1 amide bonds. The molecule has 6 heteroatoms. The van der Waals surface area contributed by atoms with E-state index in [1.165, 1.54) is 18.7 Å². The zero-order valence-corrected chi connectivity index (χ0v) is 10.7. The number of hydrogen-bond acceptors (Lipinski definition) is 5. The highest BCUT2D eigenvalue weighted by molar-refractivity contribution is 5.90. The minimum absolute atomic E-state index is 0.0120. The Kier molecular flexibility index (Phi) is 4.07. The Balaban J connectivity index is 2.21. The smallest absolute Gasteiger partial charge is 0.310 e. The molecule has 0 spiro atoms. The number of methoxy groups -OCH3 is 1. The molecule has 0 saturated heterocycles. The van der Waals surface area contributed by atoms with E-state index in [4.69, 9.17) is 14.4 Å². The van der Waals surface area contributed by atoms with Crippen LogP contribution in [0.3, 0.4) is 0 Å². The number of furan rings is 1. The predicted octanol–water partition coefficient (Wildman–Crippen LogP) is 2.28. The van der Waals surface area contributed by atoms with Gasteiger partial charge in [0.25, 0.3) is 0 Å². The molecule has 0 unspecified atom stereocenters. The highest BCUT2D eigenvalue weighted by Crippen LogP contribution is 2.30. The molecule has 0 aliphatic rings. The predicted molar refractivity (Wildman–Crippen MR) is 71.5 cm³/mol. The normalized spacial score (nSPS) is 10.7. The summed E-state index contributed by atoms with van der Waals surface area (Å²) in [4.78, 5) is 11.1. The van der Waals surface area contributed by atoms with Gasteiger partial charge in [0.2, 0.25) is 0 Å². The molecule has 1 aromatic carbocycles. The quantitative estimate of drug-likeness (QED) is 0.588. The van der Waals surface area contributed by atoms with Gasteiger partial charge in [0, 0.05) is 5.56 Å². The molecule has 20 heavy (non-hydrogen) atoms. The topological polar surface area (TPSA) is 91.9 Å². The molecule has 0 aliphatic heterocycles. The van der Waals surface area contributed by atoms with Gasteiger partial charge in [0.15, 0.2) is 17.3 Å². The summed E-state index contributed by atoms with van der Waals surface area (Å²) in [5, 5.41) is 18.4. The third-order valence-electron chi connectivity index (χ3n) is 2.63. The van der Waals surface area contributed by atoms with Gasteiger partial charge in [-0.05, 0) is 30.4 Å². The van der Waals surface area contributed by atoms with Gasteiger partial charge in [-0.15, -0.1) is 0 Å². The van der Waals surface area contributed by atoms with Gasteiger partial charge in [-0.25, -0.2) is 5.48 Å². The first-order valence-corrected chi connectivity index (χ1v) is 5.74. The SMILES string of the molecule is COc1cccc(/C=C/c2ccc(C(=O)NO)o2)c1O. The van der Waals surface area contributed by atoms with Crippen LogP contribution in [0.1, 0.15) is 21.9 Å². The monoisotopic (exact) mass is 275 g/mol. The van der Waals surface area contributed by atoms with E-state index in [1.807, 2.05) is 0 Å². The summed E-state index contributed by atoms with van der Waals surface area (Å²) in [6.45, 7) is 0. The average molecular weight is 275 g/mol. The number of carbonyl (C=O) groups is 1. The van der Waals surface area contributed by atoms with E-state index in [2.05, 4.69) is 0 Å². The van der Waals surface area contributed by atoms with Crippen LogP contribution in [0, 0.1) is 0 Å². The van der Waals surface area contributed by atoms with E-state index < -0.39 is 5.91 Å². The highest BCUT2D eigenvalue weighted by atomic mass is 16.5. The fourth-order valence-corrected chi connectivity index (χ4v) is 1.63. The number of hydrogen-bond donors (Lipinski definition) is 3. The minimum atomic E-state index is -0.728. The van der Waals surface area contributed by atoms with Crippen molar-refractivity contribution in [1.82, 2.24) is 5.48 Å². The minimum Gasteiger partial charge on any atom is -0.504 e. The molecule has 1 heterocycles. The maximum atomic E-state index is 11.1. The van der Waals surface area contributed by atoms with Crippen molar-refractivity contribution in [3.8, 4) is 11.5 Å². The first-order valence-electron chi connectivity index (χ1n) is 5.74. The molecule has 6 nitrogen and oxygen atoms in total. The Morgan fingerprint density at radius 2 is 2.10 bits per heavy atom. The number of ether oxygens (including phenoxy) is 1. The summed E-state index contributed by atoms with van der Waals surface area (Å²) in [5.41, 5.74) is 2.03. The van der Waals surface area contributed by atoms with Gasteiger partial charge in [-0.3, -0.25) is 10.0 Å². The summed E-state index contributed by atoms with van der Waals surface area (Å²) in [6.07, 6.45) is 3.21. The first kappa shape index (κ1) is 13.7. The molecule has 0 aliphatic carbocycles. The average Bonchev–Trinajstić information content (AvgIpc) is 2.94. The van der Waals surface area contributed by atoms with Gasteiger partial charge in [-0.2, -0.15) is 0 Å². The van der Waals surface area contributed by atoms with E-state index in [-0.39, 0.29) is 11.5 Å². The molecule has 104 valence electrons. The summed E-state index contributed by atoms with van der Waals surface area (Å²) in [7, 11) is 1.47. The summed E-state index contributed by atoms with van der Waals surface area (Å²) in [5.74, 6) is 0.0554. The summed E-state index contributed by atoms with van der Waals surface area (Å²) < 4.78 is 10.2. The summed E-state index contributed by atoms with van der Waals surface area (Å²) in [6, 6.07) is 8.09. The number of aromatic hydroxyl groups is 1. The van der Waals surface area contributed by atoms with Gasteiger partial charge >= 0.3 is 5.91 Å². The van der Waals surface area contributed by atoms with Crippen molar-refractivity contribution in [2.24, 2.45) is 0 Å². The zero-order valence-electron chi connectivity index (χ0n) is 10.7. The second-order valence-corrected chi connectivity index (χ2v) is 3.87. The van der Waals surface area contributed by atoms with Crippen LogP contribution in [-0.2, 0) is 0 Å². The third kappa shape index (κ3) is 2.81. The number of benzene rings is 1.